The van der Waals surface area contributed by atoms with Crippen molar-refractivity contribution in [2.24, 2.45) is 23.2 Å². The van der Waals surface area contributed by atoms with Crippen LogP contribution in [-0.4, -0.2) is 160 Å². The molecule has 478 valence electrons. The number of hydrogen-bond donors (Lipinski definition) is 1. The third-order valence-electron chi connectivity index (χ3n) is 16.5. The van der Waals surface area contributed by atoms with Gasteiger partial charge in [0.1, 0.15) is 47.4 Å². The van der Waals surface area contributed by atoms with Crippen molar-refractivity contribution in [2.45, 2.75) is 215 Å². The average Bonchev–Trinajstić information content (AvgIpc) is 3.78. The molecule has 3 rings (SSSR count). The molecule has 1 saturated heterocycles. The summed E-state index contributed by atoms with van der Waals surface area (Å²) in [5.74, 6) is -2.10. The normalized spacial score (nSPS) is 17.4. The number of rotatable bonds is 29. The van der Waals surface area contributed by atoms with Crippen LogP contribution in [0.2, 0.25) is 18.1 Å². The maximum atomic E-state index is 14.7. The van der Waals surface area contributed by atoms with Gasteiger partial charge < -0.3 is 48.0 Å². The van der Waals surface area contributed by atoms with E-state index in [-0.39, 0.29) is 46.3 Å². The van der Waals surface area contributed by atoms with Gasteiger partial charge in [0, 0.05) is 38.4 Å². The molecule has 1 aliphatic rings. The van der Waals surface area contributed by atoms with Gasteiger partial charge in [0.15, 0.2) is 13.4 Å². The van der Waals surface area contributed by atoms with Gasteiger partial charge in [-0.3, -0.25) is 24.1 Å². The molecule has 10 atom stereocenters. The lowest BCUT2D eigenvalue weighted by molar-refractivity contribution is -0.161. The predicted molar refractivity (Wildman–Crippen MR) is 337 cm³/mol. The zero-order valence-electron chi connectivity index (χ0n) is 55.3. The third kappa shape index (κ3) is 22.3. The molecule has 20 heteroatoms. The minimum Gasteiger partial charge on any atom is -0.497 e. The number of thioether (sulfide) groups is 1. The van der Waals surface area contributed by atoms with Crippen LogP contribution in [0.25, 0.3) is 0 Å². The van der Waals surface area contributed by atoms with Crippen LogP contribution >= 0.6 is 11.8 Å². The molecule has 0 aromatic heterocycles. The van der Waals surface area contributed by atoms with E-state index in [9.17, 15) is 33.6 Å². The molecule has 0 unspecified atom stereocenters. The quantitative estimate of drug-likeness (QED) is 0.0348. The lowest BCUT2D eigenvalue weighted by Gasteiger charge is -2.42. The summed E-state index contributed by atoms with van der Waals surface area (Å²) < 4.78 is 41.5. The summed E-state index contributed by atoms with van der Waals surface area (Å²) in [5.41, 5.74) is 0.592. The van der Waals surface area contributed by atoms with Crippen molar-refractivity contribution in [1.29, 1.82) is 0 Å². The number of carbonyl (C=O) groups excluding carboxylic acids is 7. The van der Waals surface area contributed by atoms with E-state index in [1.54, 1.807) is 79.2 Å². The van der Waals surface area contributed by atoms with E-state index in [2.05, 4.69) is 46.1 Å². The van der Waals surface area contributed by atoms with Crippen LogP contribution in [0.5, 0.6) is 11.5 Å². The van der Waals surface area contributed by atoms with Gasteiger partial charge in [0.2, 0.25) is 17.7 Å². The van der Waals surface area contributed by atoms with Crippen LogP contribution in [0.4, 0.5) is 4.79 Å². The molecule has 18 nitrogen and oxygen atoms in total. The first kappa shape index (κ1) is 73.8. The number of ether oxygens (including phenoxy) is 6. The molecule has 2 aromatic carbocycles. The van der Waals surface area contributed by atoms with Crippen LogP contribution in [0.1, 0.15) is 147 Å². The summed E-state index contributed by atoms with van der Waals surface area (Å²) in [6, 6.07) is 10.7. The van der Waals surface area contributed by atoms with Gasteiger partial charge in [0.05, 0.1) is 46.1 Å². The maximum Gasteiger partial charge on any atom is 0.411 e. The van der Waals surface area contributed by atoms with E-state index < -0.39 is 103 Å². The zero-order valence-corrected chi connectivity index (χ0v) is 57.1. The average molecular weight is 1230 g/mol. The van der Waals surface area contributed by atoms with Crippen molar-refractivity contribution in [3.8, 4) is 11.5 Å². The summed E-state index contributed by atoms with van der Waals surface area (Å²) in [5, 5.41) is 2.64. The van der Waals surface area contributed by atoms with Gasteiger partial charge in [-0.05, 0) is 137 Å². The number of nitrogens with one attached hydrogen (secondary N) is 1. The van der Waals surface area contributed by atoms with E-state index in [0.717, 1.165) is 17.3 Å². The Kier molecular flexibility index (Phi) is 28.2. The summed E-state index contributed by atoms with van der Waals surface area (Å²) in [4.78, 5) is 102. The van der Waals surface area contributed by atoms with E-state index in [0.29, 0.717) is 55.7 Å². The number of likely N-dealkylation sites (N-methyl/N-ethyl adjacent to an activating group) is 2. The van der Waals surface area contributed by atoms with Gasteiger partial charge in [-0.25, -0.2) is 14.4 Å². The Labute approximate surface area is 514 Å². The second-order valence-electron chi connectivity index (χ2n) is 26.6. The van der Waals surface area contributed by atoms with E-state index in [1.807, 2.05) is 65.8 Å². The van der Waals surface area contributed by atoms with Gasteiger partial charge in [-0.2, -0.15) is 0 Å². The Balaban J connectivity index is 1.97. The number of nitrogens with zero attached hydrogens (tertiary/aromatic N) is 3. The minimum atomic E-state index is -2.48. The molecular weight excluding hydrogens is 1120 g/mol. The number of amides is 4. The molecule has 0 spiro atoms. The first-order valence-electron chi connectivity index (χ1n) is 29.9. The van der Waals surface area contributed by atoms with Crippen LogP contribution in [0, 0.1) is 23.2 Å². The molecule has 0 aliphatic carbocycles. The van der Waals surface area contributed by atoms with E-state index in [4.69, 9.17) is 32.8 Å². The Morgan fingerprint density at radius 2 is 1.36 bits per heavy atom. The third-order valence-corrected chi connectivity index (χ3v) is 22.2. The SMILES string of the molecule is CC[C@H](C)[C@@H](C(=O)OC)N(C)C(=O)[C@H](C)N(C)C(=O)[C@H](Cc1ccc(OC)cc1)NC(=O)/C(C)=C/[C@H](CSC(=O)[C@@H](C)[C@H](C[C@H](C)C[C@H](OC(=O)[C@@H]1CCCN1C(=O)OC(C)(C)C)C(C)(C)C)O[Si](C)(C)C(C)(C)C)OCc1ccc(OC)cc1. The van der Waals surface area contributed by atoms with Crippen LogP contribution in [-0.2, 0) is 65.2 Å². The molecule has 1 N–H and O–H groups in total. The number of likely N-dealkylation sites (tertiary alicyclic amines) is 1. The van der Waals surface area contributed by atoms with Crippen LogP contribution in [0.15, 0.2) is 60.2 Å². The first-order chi connectivity index (χ1) is 39.4. The predicted octanol–water partition coefficient (Wildman–Crippen LogP) is 11.2. The fraction of sp³-hybridized carbons (Fsp3) is 0.677. The molecule has 2 aromatic rings. The Morgan fingerprint density at radius 3 is 1.87 bits per heavy atom. The molecule has 0 radical (unpaired) electrons. The summed E-state index contributed by atoms with van der Waals surface area (Å²) in [6.45, 7) is 33.7. The van der Waals surface area contributed by atoms with Crippen LogP contribution in [0.3, 0.4) is 0 Å². The fourth-order valence-electron chi connectivity index (χ4n) is 9.61. The van der Waals surface area contributed by atoms with Crippen molar-refractivity contribution in [3.05, 3.63) is 71.3 Å². The zero-order chi connectivity index (χ0) is 64.5. The summed E-state index contributed by atoms with van der Waals surface area (Å²) in [6.07, 6.45) is 2.11. The molecule has 0 bridgehead atoms. The van der Waals surface area contributed by atoms with E-state index in [1.165, 1.54) is 35.9 Å². The second kappa shape index (κ2) is 32.5. The van der Waals surface area contributed by atoms with Gasteiger partial charge >= 0.3 is 18.0 Å². The summed E-state index contributed by atoms with van der Waals surface area (Å²) in [7, 11) is 4.94. The van der Waals surface area contributed by atoms with Crippen molar-refractivity contribution in [1.82, 2.24) is 20.0 Å². The smallest absolute Gasteiger partial charge is 0.411 e. The highest BCUT2D eigenvalue weighted by atomic mass is 32.2. The Morgan fingerprint density at radius 1 is 0.800 bits per heavy atom. The molecule has 85 heavy (non-hydrogen) atoms. The number of methoxy groups -OCH3 is 3. The molecule has 1 fully saturated rings. The minimum absolute atomic E-state index is 0.0635. The topological polar surface area (TPSA) is 206 Å². The Bertz CT molecular complexity index is 2560. The lowest BCUT2D eigenvalue weighted by Crippen LogP contribution is -2.57. The van der Waals surface area contributed by atoms with Gasteiger partial charge in [0.25, 0.3) is 0 Å². The van der Waals surface area contributed by atoms with Crippen molar-refractivity contribution < 1.29 is 66.4 Å². The summed E-state index contributed by atoms with van der Waals surface area (Å²) >= 11 is 1.09. The highest BCUT2D eigenvalue weighted by molar-refractivity contribution is 8.13. The second-order valence-corrected chi connectivity index (χ2v) is 32.4. The monoisotopic (exact) mass is 1220 g/mol. The maximum absolute atomic E-state index is 14.7. The number of hydrogen-bond acceptors (Lipinski definition) is 15. The van der Waals surface area contributed by atoms with Crippen LogP contribution < -0.4 is 14.8 Å². The number of esters is 2. The highest BCUT2D eigenvalue weighted by Gasteiger charge is 2.44. The Hall–Kier alpha value is -5.44. The van der Waals surface area contributed by atoms with E-state index >= 15 is 0 Å². The first-order valence-corrected chi connectivity index (χ1v) is 33.8. The fourth-order valence-corrected chi connectivity index (χ4v) is 12.0. The molecular formula is C65H104N4O14SSi. The number of benzene rings is 2. The molecule has 1 aliphatic heterocycles. The highest BCUT2D eigenvalue weighted by Crippen LogP contribution is 2.41. The number of carbonyl (C=O) groups is 7. The van der Waals surface area contributed by atoms with Gasteiger partial charge in [-0.1, -0.05) is 112 Å². The van der Waals surface area contributed by atoms with Crippen molar-refractivity contribution in [3.63, 3.8) is 0 Å². The lowest BCUT2D eigenvalue weighted by atomic mass is 9.81. The van der Waals surface area contributed by atoms with Gasteiger partial charge in [-0.15, -0.1) is 0 Å². The molecule has 4 amide bonds. The molecule has 0 saturated carbocycles. The standard InChI is InChI=1S/C65H104N4O14SSi/c1-23-42(3)55(60(74)79-20)68(17)57(71)45(6)67(16)58(72)51(38-46-26-30-48(77-18)31-27-46)66-56(70)43(4)37-50(80-39-47-28-32-49(78-19)33-29-47)40-84-61(75)44(5)53(83-85(21,22)65(13,14)15)35-41(2)36-54(63(7,8)9)81-59(73)52-25-24-34-69(52)62(76)82-64(10,11)12/h26-33,37,41-42,44-45,50-55H,23-25,34-36,38-40H2,1-22H3,(H,66,70)/b43-37+/t41-,42-,44-,45-,50+,51-,52-,53-,54-,55-/m0/s1. The molecule has 1 heterocycles. The largest absolute Gasteiger partial charge is 0.497 e. The van der Waals surface area contributed by atoms with Crippen molar-refractivity contribution >= 4 is 60.9 Å². The van der Waals surface area contributed by atoms with Crippen molar-refractivity contribution in [2.75, 3.05) is 47.7 Å².